The first-order valence-corrected chi connectivity index (χ1v) is 7.25. The second kappa shape index (κ2) is 5.58. The topological polar surface area (TPSA) is 62.1 Å². The maximum atomic E-state index is 11.3. The molecular formula is C16H11BrN2O2. The molecule has 0 atom stereocenters. The number of nitriles is 1. The summed E-state index contributed by atoms with van der Waals surface area (Å²) in [6.07, 6.45) is 1.18. The van der Waals surface area contributed by atoms with Gasteiger partial charge in [0.15, 0.2) is 0 Å². The number of carbonyl (C=O) groups is 1. The molecule has 0 aliphatic carbocycles. The van der Waals surface area contributed by atoms with Crippen LogP contribution in [0.25, 0.3) is 0 Å². The molecule has 0 spiro atoms. The van der Waals surface area contributed by atoms with E-state index in [9.17, 15) is 4.79 Å². The van der Waals surface area contributed by atoms with Gasteiger partial charge in [-0.2, -0.15) is 5.26 Å². The highest BCUT2D eigenvalue weighted by molar-refractivity contribution is 9.10. The molecule has 0 bridgehead atoms. The van der Waals surface area contributed by atoms with Crippen LogP contribution in [-0.2, 0) is 11.2 Å². The van der Waals surface area contributed by atoms with Crippen LogP contribution in [0, 0.1) is 11.3 Å². The third-order valence-corrected chi connectivity index (χ3v) is 3.76. The molecule has 21 heavy (non-hydrogen) atoms. The fourth-order valence-electron chi connectivity index (χ4n) is 2.23. The first kappa shape index (κ1) is 13.7. The van der Waals surface area contributed by atoms with E-state index in [1.165, 1.54) is 0 Å². The zero-order chi connectivity index (χ0) is 14.8. The lowest BCUT2D eigenvalue weighted by molar-refractivity contribution is -0.116. The van der Waals surface area contributed by atoms with Crippen LogP contribution in [0.1, 0.15) is 17.5 Å². The van der Waals surface area contributed by atoms with Crippen LogP contribution in [-0.4, -0.2) is 5.91 Å². The average Bonchev–Trinajstić information content (AvgIpc) is 2.49. The predicted molar refractivity (Wildman–Crippen MR) is 82.3 cm³/mol. The molecule has 0 radical (unpaired) electrons. The normalized spacial score (nSPS) is 13.0. The van der Waals surface area contributed by atoms with Gasteiger partial charge in [-0.05, 0) is 48.4 Å². The Kier molecular flexibility index (Phi) is 3.63. The number of nitrogens with zero attached hydrogens (tertiary/aromatic N) is 1. The van der Waals surface area contributed by atoms with E-state index >= 15 is 0 Å². The highest BCUT2D eigenvalue weighted by atomic mass is 79.9. The summed E-state index contributed by atoms with van der Waals surface area (Å²) >= 11 is 3.33. The molecule has 4 nitrogen and oxygen atoms in total. The van der Waals surface area contributed by atoms with Gasteiger partial charge in [0.05, 0.1) is 5.56 Å². The molecule has 1 N–H and O–H groups in total. The zero-order valence-electron chi connectivity index (χ0n) is 11.0. The predicted octanol–water partition coefficient (Wildman–Crippen LogP) is 4.00. The summed E-state index contributed by atoms with van der Waals surface area (Å²) in [4.78, 5) is 11.3. The molecule has 0 aromatic heterocycles. The summed E-state index contributed by atoms with van der Waals surface area (Å²) in [5.41, 5.74) is 2.34. The van der Waals surface area contributed by atoms with E-state index in [1.54, 1.807) is 18.2 Å². The van der Waals surface area contributed by atoms with E-state index in [0.29, 0.717) is 29.9 Å². The summed E-state index contributed by atoms with van der Waals surface area (Å²) in [5.74, 6) is 1.21. The number of benzene rings is 2. The molecule has 1 heterocycles. The fourth-order valence-corrected chi connectivity index (χ4v) is 2.59. The Labute approximate surface area is 130 Å². The lowest BCUT2D eigenvalue weighted by Gasteiger charge is -2.17. The minimum Gasteiger partial charge on any atom is -0.456 e. The second-order valence-electron chi connectivity index (χ2n) is 4.72. The Morgan fingerprint density at radius 2 is 2.05 bits per heavy atom. The van der Waals surface area contributed by atoms with Crippen molar-refractivity contribution in [2.24, 2.45) is 0 Å². The van der Waals surface area contributed by atoms with Crippen molar-refractivity contribution in [3.05, 3.63) is 52.0 Å². The van der Waals surface area contributed by atoms with Gasteiger partial charge in [-0.1, -0.05) is 15.9 Å². The van der Waals surface area contributed by atoms with Gasteiger partial charge in [0.1, 0.15) is 17.6 Å². The number of amides is 1. The summed E-state index contributed by atoms with van der Waals surface area (Å²) in [7, 11) is 0. The van der Waals surface area contributed by atoms with Crippen molar-refractivity contribution >= 4 is 27.5 Å². The van der Waals surface area contributed by atoms with E-state index in [0.717, 1.165) is 15.7 Å². The third-order valence-electron chi connectivity index (χ3n) is 3.26. The monoisotopic (exact) mass is 342 g/mol. The molecule has 1 aliphatic rings. The number of hydrogen-bond donors (Lipinski definition) is 1. The van der Waals surface area contributed by atoms with Crippen molar-refractivity contribution in [3.8, 4) is 17.6 Å². The lowest BCUT2D eigenvalue weighted by Crippen LogP contribution is -2.18. The molecule has 1 amide bonds. The molecule has 1 aliphatic heterocycles. The van der Waals surface area contributed by atoms with Crippen molar-refractivity contribution in [2.45, 2.75) is 12.8 Å². The van der Waals surface area contributed by atoms with E-state index in [2.05, 4.69) is 27.3 Å². The Morgan fingerprint density at radius 1 is 1.19 bits per heavy atom. The van der Waals surface area contributed by atoms with Crippen molar-refractivity contribution in [1.82, 2.24) is 0 Å². The number of nitrogens with one attached hydrogen (secondary N) is 1. The van der Waals surface area contributed by atoms with E-state index < -0.39 is 0 Å². The van der Waals surface area contributed by atoms with Gasteiger partial charge in [0.2, 0.25) is 5.91 Å². The van der Waals surface area contributed by atoms with Crippen molar-refractivity contribution in [1.29, 1.82) is 5.26 Å². The SMILES string of the molecule is N#Cc1cc(Br)ccc1Oc1ccc2c(c1)CCC(=O)N2. The first-order valence-electron chi connectivity index (χ1n) is 6.46. The number of aryl methyl sites for hydroxylation is 1. The van der Waals surface area contributed by atoms with Crippen molar-refractivity contribution < 1.29 is 9.53 Å². The van der Waals surface area contributed by atoms with Gasteiger partial charge in [-0.3, -0.25) is 4.79 Å². The number of rotatable bonds is 2. The molecule has 104 valence electrons. The molecular weight excluding hydrogens is 332 g/mol. The molecule has 0 fully saturated rings. The number of carbonyl (C=O) groups excluding carboxylic acids is 1. The molecule has 0 saturated carbocycles. The summed E-state index contributed by atoms with van der Waals surface area (Å²) < 4.78 is 6.63. The number of fused-ring (bicyclic) bond motifs is 1. The van der Waals surface area contributed by atoms with E-state index in [-0.39, 0.29) is 5.91 Å². The molecule has 0 saturated heterocycles. The highest BCUT2D eigenvalue weighted by Crippen LogP contribution is 2.31. The van der Waals surface area contributed by atoms with Crippen molar-refractivity contribution in [3.63, 3.8) is 0 Å². The molecule has 0 unspecified atom stereocenters. The second-order valence-corrected chi connectivity index (χ2v) is 5.64. The summed E-state index contributed by atoms with van der Waals surface area (Å²) in [5, 5.41) is 12.0. The Hall–Kier alpha value is -2.32. The quantitative estimate of drug-likeness (QED) is 0.897. The van der Waals surface area contributed by atoms with Gasteiger partial charge in [0, 0.05) is 16.6 Å². The number of halogens is 1. The van der Waals surface area contributed by atoms with E-state index in [4.69, 9.17) is 10.00 Å². The molecule has 2 aromatic carbocycles. The van der Waals surface area contributed by atoms with Crippen LogP contribution in [0.2, 0.25) is 0 Å². The maximum Gasteiger partial charge on any atom is 0.224 e. The minimum absolute atomic E-state index is 0.0378. The Bertz CT molecular complexity index is 765. The van der Waals surface area contributed by atoms with Gasteiger partial charge >= 0.3 is 0 Å². The first-order chi connectivity index (χ1) is 10.2. The van der Waals surface area contributed by atoms with Crippen LogP contribution in [0.15, 0.2) is 40.9 Å². The fraction of sp³-hybridized carbons (Fsp3) is 0.125. The molecule has 3 rings (SSSR count). The number of anilines is 1. The minimum atomic E-state index is 0.0378. The lowest BCUT2D eigenvalue weighted by atomic mass is 10.0. The van der Waals surface area contributed by atoms with Crippen LogP contribution < -0.4 is 10.1 Å². The summed E-state index contributed by atoms with van der Waals surface area (Å²) in [6.45, 7) is 0. The van der Waals surface area contributed by atoms with Gasteiger partial charge < -0.3 is 10.1 Å². The maximum absolute atomic E-state index is 11.3. The third kappa shape index (κ3) is 2.91. The molecule has 5 heteroatoms. The largest absolute Gasteiger partial charge is 0.456 e. The zero-order valence-corrected chi connectivity index (χ0v) is 12.6. The van der Waals surface area contributed by atoms with Gasteiger partial charge in [-0.15, -0.1) is 0 Å². The van der Waals surface area contributed by atoms with E-state index in [1.807, 2.05) is 18.2 Å². The van der Waals surface area contributed by atoms with Crippen molar-refractivity contribution in [2.75, 3.05) is 5.32 Å². The highest BCUT2D eigenvalue weighted by Gasteiger charge is 2.15. The standard InChI is InChI=1S/C16H11BrN2O2/c17-12-2-5-15(11(7-12)9-18)21-13-3-4-14-10(8-13)1-6-16(20)19-14/h2-5,7-8H,1,6H2,(H,19,20). The number of hydrogen-bond acceptors (Lipinski definition) is 3. The smallest absolute Gasteiger partial charge is 0.224 e. The van der Waals surface area contributed by atoms with Crippen LogP contribution in [0.4, 0.5) is 5.69 Å². The summed E-state index contributed by atoms with van der Waals surface area (Å²) in [6, 6.07) is 12.9. The van der Waals surface area contributed by atoms with Crippen LogP contribution >= 0.6 is 15.9 Å². The Balaban J connectivity index is 1.89. The Morgan fingerprint density at radius 3 is 2.86 bits per heavy atom. The van der Waals surface area contributed by atoms with Crippen LogP contribution in [0.5, 0.6) is 11.5 Å². The van der Waals surface area contributed by atoms with Gasteiger partial charge in [-0.25, -0.2) is 0 Å². The van der Waals surface area contributed by atoms with Gasteiger partial charge in [0.25, 0.3) is 0 Å². The molecule has 2 aromatic rings. The number of ether oxygens (including phenoxy) is 1. The van der Waals surface area contributed by atoms with Crippen LogP contribution in [0.3, 0.4) is 0 Å². The average molecular weight is 343 g/mol.